The summed E-state index contributed by atoms with van der Waals surface area (Å²) in [7, 11) is 0. The fraction of sp³-hybridized carbons (Fsp3) is 0.0294. The Morgan fingerprint density at radius 2 is 1.10 bits per heavy atom. The van der Waals surface area contributed by atoms with E-state index in [9.17, 15) is 0 Å². The van der Waals surface area contributed by atoms with E-state index in [1.165, 1.54) is 0 Å². The largest absolute Gasteiger partial charge is 0.456 e. The van der Waals surface area contributed by atoms with Crippen LogP contribution in [0.4, 0.5) is 0 Å². The minimum atomic E-state index is 0.586. The first-order valence-corrected chi connectivity index (χ1v) is 12.9. The second-order valence-electron chi connectivity index (χ2n) is 9.71. The first-order valence-electron chi connectivity index (χ1n) is 12.9. The molecule has 0 amide bonds. The van der Waals surface area contributed by atoms with Crippen molar-refractivity contribution in [1.29, 1.82) is 0 Å². The van der Waals surface area contributed by atoms with Crippen LogP contribution in [-0.4, -0.2) is 15.0 Å². The van der Waals surface area contributed by atoms with Gasteiger partial charge in [0.05, 0.1) is 0 Å². The van der Waals surface area contributed by atoms with Gasteiger partial charge in [-0.25, -0.2) is 15.0 Å². The monoisotopic (exact) mass is 503 g/mol. The standard InChI is InChI=1S/C34H21N3O2/c1-20-9-7-15-27-30(20)31-25(13-8-16-28(31)39-27)34-36-32(21-10-3-2-4-11-21)35-33(37-34)22-17-18-24-23-12-5-6-14-26(23)38-29(24)19-22/h2-19H,1H3. The summed E-state index contributed by atoms with van der Waals surface area (Å²) in [6, 6.07) is 36.4. The number of hydrogen-bond acceptors (Lipinski definition) is 5. The predicted octanol–water partition coefficient (Wildman–Crippen LogP) is 8.98. The molecule has 0 fully saturated rings. The molecular formula is C34H21N3O2. The first-order chi connectivity index (χ1) is 19.2. The molecule has 0 unspecified atom stereocenters. The van der Waals surface area contributed by atoms with Gasteiger partial charge < -0.3 is 8.83 Å². The number of hydrogen-bond donors (Lipinski definition) is 0. The van der Waals surface area contributed by atoms with Gasteiger partial charge in [-0.2, -0.15) is 0 Å². The van der Waals surface area contributed by atoms with Crippen molar-refractivity contribution >= 4 is 43.9 Å². The van der Waals surface area contributed by atoms with Crippen LogP contribution in [0.5, 0.6) is 0 Å². The molecule has 0 aliphatic heterocycles. The highest BCUT2D eigenvalue weighted by atomic mass is 16.3. The smallest absolute Gasteiger partial charge is 0.164 e. The molecule has 5 heteroatoms. The van der Waals surface area contributed by atoms with Crippen molar-refractivity contribution in [3.8, 4) is 34.2 Å². The van der Waals surface area contributed by atoms with Crippen LogP contribution in [0.1, 0.15) is 5.56 Å². The zero-order valence-electron chi connectivity index (χ0n) is 21.1. The Hall–Kier alpha value is -5.29. The van der Waals surface area contributed by atoms with Crippen molar-refractivity contribution in [1.82, 2.24) is 15.0 Å². The van der Waals surface area contributed by atoms with Gasteiger partial charge in [0.2, 0.25) is 0 Å². The molecule has 39 heavy (non-hydrogen) atoms. The zero-order chi connectivity index (χ0) is 25.9. The molecule has 0 bridgehead atoms. The minimum absolute atomic E-state index is 0.586. The Labute approximate surface area is 223 Å². The molecule has 0 atom stereocenters. The Morgan fingerprint density at radius 1 is 0.462 bits per heavy atom. The number of aryl methyl sites for hydroxylation is 1. The van der Waals surface area contributed by atoms with Gasteiger partial charge in [0.1, 0.15) is 22.3 Å². The summed E-state index contributed by atoms with van der Waals surface area (Å²) in [6.45, 7) is 2.10. The van der Waals surface area contributed by atoms with Crippen molar-refractivity contribution < 1.29 is 8.83 Å². The van der Waals surface area contributed by atoms with E-state index in [2.05, 4.69) is 37.3 Å². The van der Waals surface area contributed by atoms with Crippen molar-refractivity contribution in [3.05, 3.63) is 115 Å². The van der Waals surface area contributed by atoms with Gasteiger partial charge >= 0.3 is 0 Å². The summed E-state index contributed by atoms with van der Waals surface area (Å²) in [4.78, 5) is 14.9. The second-order valence-corrected chi connectivity index (χ2v) is 9.71. The molecule has 0 saturated carbocycles. The summed E-state index contributed by atoms with van der Waals surface area (Å²) in [5.41, 5.74) is 7.16. The van der Waals surface area contributed by atoms with Crippen LogP contribution in [-0.2, 0) is 0 Å². The topological polar surface area (TPSA) is 65.0 Å². The average Bonchev–Trinajstić information content (AvgIpc) is 3.56. The van der Waals surface area contributed by atoms with Gasteiger partial charge in [-0.3, -0.25) is 0 Å². The van der Waals surface area contributed by atoms with Gasteiger partial charge in [0.25, 0.3) is 0 Å². The van der Waals surface area contributed by atoms with Gasteiger partial charge in [0, 0.05) is 38.2 Å². The quantitative estimate of drug-likeness (QED) is 0.241. The van der Waals surface area contributed by atoms with Gasteiger partial charge in [-0.1, -0.05) is 78.9 Å². The SMILES string of the molecule is Cc1cccc2oc3cccc(-c4nc(-c5ccccc5)nc(-c5ccc6c(c5)oc5ccccc56)n4)c3c12. The number of para-hydroxylation sites is 1. The third-order valence-electron chi connectivity index (χ3n) is 7.28. The summed E-state index contributed by atoms with van der Waals surface area (Å²) < 4.78 is 12.4. The summed E-state index contributed by atoms with van der Waals surface area (Å²) >= 11 is 0. The van der Waals surface area contributed by atoms with Gasteiger partial charge in [-0.15, -0.1) is 0 Å². The molecule has 5 aromatic carbocycles. The Bertz CT molecular complexity index is 2190. The molecule has 0 aliphatic rings. The lowest BCUT2D eigenvalue weighted by Crippen LogP contribution is -2.00. The fourth-order valence-electron chi connectivity index (χ4n) is 5.43. The second kappa shape index (κ2) is 8.36. The van der Waals surface area contributed by atoms with E-state index in [1.807, 2.05) is 78.9 Å². The zero-order valence-corrected chi connectivity index (χ0v) is 21.1. The molecule has 3 aromatic heterocycles. The third-order valence-corrected chi connectivity index (χ3v) is 7.28. The highest BCUT2D eigenvalue weighted by Gasteiger charge is 2.19. The highest BCUT2D eigenvalue weighted by molar-refractivity contribution is 6.13. The number of benzene rings is 5. The summed E-state index contributed by atoms with van der Waals surface area (Å²) in [6.07, 6.45) is 0. The van der Waals surface area contributed by atoms with Crippen LogP contribution in [0.25, 0.3) is 78.0 Å². The molecule has 8 aromatic rings. The van der Waals surface area contributed by atoms with E-state index in [0.717, 1.165) is 66.1 Å². The minimum Gasteiger partial charge on any atom is -0.456 e. The Balaban J connectivity index is 1.40. The third kappa shape index (κ3) is 3.44. The number of aromatic nitrogens is 3. The lowest BCUT2D eigenvalue weighted by Gasteiger charge is -2.09. The maximum Gasteiger partial charge on any atom is 0.164 e. The van der Waals surface area contributed by atoms with E-state index in [1.54, 1.807) is 0 Å². The molecule has 8 rings (SSSR count). The Morgan fingerprint density at radius 3 is 1.97 bits per heavy atom. The Kier molecular flexibility index (Phi) is 4.67. The molecule has 184 valence electrons. The van der Waals surface area contributed by atoms with Gasteiger partial charge in [0.15, 0.2) is 17.5 Å². The van der Waals surface area contributed by atoms with E-state index < -0.39 is 0 Å². The number of rotatable bonds is 3. The normalized spacial score (nSPS) is 11.7. The van der Waals surface area contributed by atoms with Crippen LogP contribution in [0.2, 0.25) is 0 Å². The summed E-state index contributed by atoms with van der Waals surface area (Å²) in [5.74, 6) is 1.80. The molecule has 0 N–H and O–H groups in total. The van der Waals surface area contributed by atoms with Crippen LogP contribution in [0, 0.1) is 6.92 Å². The van der Waals surface area contributed by atoms with Crippen LogP contribution >= 0.6 is 0 Å². The van der Waals surface area contributed by atoms with E-state index in [-0.39, 0.29) is 0 Å². The maximum atomic E-state index is 6.22. The van der Waals surface area contributed by atoms with Crippen LogP contribution in [0.3, 0.4) is 0 Å². The molecule has 0 spiro atoms. The molecule has 0 aliphatic carbocycles. The summed E-state index contributed by atoms with van der Waals surface area (Å²) in [5, 5.41) is 4.25. The van der Waals surface area contributed by atoms with Gasteiger partial charge in [-0.05, 0) is 42.8 Å². The van der Waals surface area contributed by atoms with Crippen molar-refractivity contribution in [3.63, 3.8) is 0 Å². The first kappa shape index (κ1) is 21.8. The number of furan rings is 2. The highest BCUT2D eigenvalue weighted by Crippen LogP contribution is 2.38. The molecule has 3 heterocycles. The van der Waals surface area contributed by atoms with Crippen LogP contribution in [0.15, 0.2) is 118 Å². The van der Waals surface area contributed by atoms with Crippen molar-refractivity contribution in [2.24, 2.45) is 0 Å². The molecule has 0 radical (unpaired) electrons. The molecule has 5 nitrogen and oxygen atoms in total. The fourth-order valence-corrected chi connectivity index (χ4v) is 5.43. The molecular weight excluding hydrogens is 482 g/mol. The van der Waals surface area contributed by atoms with Crippen LogP contribution < -0.4 is 0 Å². The number of fused-ring (bicyclic) bond motifs is 6. The lowest BCUT2D eigenvalue weighted by atomic mass is 10.0. The number of nitrogens with zero attached hydrogens (tertiary/aromatic N) is 3. The average molecular weight is 504 g/mol. The predicted molar refractivity (Wildman–Crippen MR) is 155 cm³/mol. The van der Waals surface area contributed by atoms with E-state index in [0.29, 0.717) is 17.5 Å². The molecule has 0 saturated heterocycles. The van der Waals surface area contributed by atoms with Crippen molar-refractivity contribution in [2.75, 3.05) is 0 Å². The lowest BCUT2D eigenvalue weighted by molar-refractivity contribution is 0.668. The maximum absolute atomic E-state index is 6.22. The van der Waals surface area contributed by atoms with E-state index in [4.69, 9.17) is 23.8 Å². The van der Waals surface area contributed by atoms with Crippen molar-refractivity contribution in [2.45, 2.75) is 6.92 Å². The van der Waals surface area contributed by atoms with E-state index >= 15 is 0 Å².